The highest BCUT2D eigenvalue weighted by atomic mass is 32.1. The van der Waals surface area contributed by atoms with Gasteiger partial charge < -0.3 is 14.6 Å². The number of thiophene rings is 1. The first-order valence-corrected chi connectivity index (χ1v) is 8.09. The van der Waals surface area contributed by atoms with Crippen LogP contribution in [0.5, 0.6) is 0 Å². The lowest BCUT2D eigenvalue weighted by Gasteiger charge is -2.27. The second-order valence-electron chi connectivity index (χ2n) is 6.63. The number of hydrogen-bond acceptors (Lipinski definition) is 6. The first-order valence-electron chi connectivity index (χ1n) is 7.14. The van der Waals surface area contributed by atoms with E-state index < -0.39 is 0 Å². The molecule has 114 valence electrons. The number of rotatable bonds is 4. The highest BCUT2D eigenvalue weighted by Crippen LogP contribution is 2.37. The van der Waals surface area contributed by atoms with Crippen LogP contribution >= 0.6 is 11.3 Å². The summed E-state index contributed by atoms with van der Waals surface area (Å²) in [5.41, 5.74) is 0.707. The molecule has 0 aliphatic carbocycles. The topological polar surface area (TPSA) is 60.2 Å². The first-order chi connectivity index (χ1) is 9.86. The summed E-state index contributed by atoms with van der Waals surface area (Å²) in [6.45, 7) is 9.04. The Labute approximate surface area is 128 Å². The molecular formula is C15H21N3O2S. The van der Waals surface area contributed by atoms with Gasteiger partial charge in [-0.15, -0.1) is 0 Å². The average molecular weight is 307 g/mol. The molecule has 0 radical (unpaired) electrons. The minimum atomic E-state index is -0.195. The molecular weight excluding hydrogens is 286 g/mol. The van der Waals surface area contributed by atoms with Crippen LogP contribution in [0.15, 0.2) is 21.3 Å². The third kappa shape index (κ3) is 3.17. The van der Waals surface area contributed by atoms with Gasteiger partial charge in [-0.05, 0) is 45.6 Å². The van der Waals surface area contributed by atoms with E-state index in [1.807, 2.05) is 16.8 Å². The van der Waals surface area contributed by atoms with E-state index in [2.05, 4.69) is 43.2 Å². The smallest absolute Gasteiger partial charge is 0.240 e. The SMILES string of the molecule is CC1(C)C[C@H](NCc2nc(-c3ccsc3)no2)C(C)(C)O1. The maximum atomic E-state index is 6.07. The number of hydrogen-bond donors (Lipinski definition) is 1. The summed E-state index contributed by atoms with van der Waals surface area (Å²) in [6.07, 6.45) is 0.964. The standard InChI is InChI=1S/C15H21N3O2S/c1-14(2)7-11(15(3,4)20-14)16-8-12-17-13(18-19-12)10-5-6-21-9-10/h5-6,9,11,16H,7-8H2,1-4H3/t11-/m0/s1. The molecule has 0 spiro atoms. The van der Waals surface area contributed by atoms with Gasteiger partial charge in [0.25, 0.3) is 0 Å². The molecule has 2 aromatic rings. The molecule has 5 nitrogen and oxygen atoms in total. The van der Waals surface area contributed by atoms with Crippen molar-refractivity contribution >= 4 is 11.3 Å². The molecule has 0 saturated carbocycles. The minimum Gasteiger partial charge on any atom is -0.368 e. The second kappa shape index (κ2) is 5.19. The second-order valence-corrected chi connectivity index (χ2v) is 7.41. The van der Waals surface area contributed by atoms with Gasteiger partial charge in [-0.3, -0.25) is 0 Å². The van der Waals surface area contributed by atoms with Crippen LogP contribution in [0.4, 0.5) is 0 Å². The predicted molar refractivity (Wildman–Crippen MR) is 82.1 cm³/mol. The van der Waals surface area contributed by atoms with Crippen molar-refractivity contribution in [2.75, 3.05) is 0 Å². The van der Waals surface area contributed by atoms with Gasteiger partial charge in [0.1, 0.15) is 0 Å². The molecule has 1 aliphatic heterocycles. The van der Waals surface area contributed by atoms with Crippen molar-refractivity contribution in [1.29, 1.82) is 0 Å². The molecule has 0 aromatic carbocycles. The van der Waals surface area contributed by atoms with E-state index in [0.29, 0.717) is 18.3 Å². The molecule has 0 unspecified atom stereocenters. The summed E-state index contributed by atoms with van der Waals surface area (Å²) in [4.78, 5) is 4.42. The van der Waals surface area contributed by atoms with Crippen LogP contribution in [0.3, 0.4) is 0 Å². The van der Waals surface area contributed by atoms with Crippen molar-refractivity contribution in [3.8, 4) is 11.4 Å². The average Bonchev–Trinajstić information content (AvgIpc) is 3.05. The molecule has 21 heavy (non-hydrogen) atoms. The van der Waals surface area contributed by atoms with E-state index in [1.54, 1.807) is 11.3 Å². The van der Waals surface area contributed by atoms with E-state index in [-0.39, 0.29) is 17.2 Å². The normalized spacial score (nSPS) is 23.5. The molecule has 1 atom stereocenters. The third-order valence-electron chi connectivity index (χ3n) is 3.82. The van der Waals surface area contributed by atoms with E-state index in [9.17, 15) is 0 Å². The molecule has 0 amide bonds. The molecule has 2 aromatic heterocycles. The van der Waals surface area contributed by atoms with Crippen molar-refractivity contribution in [2.45, 2.75) is 57.9 Å². The highest BCUT2D eigenvalue weighted by molar-refractivity contribution is 7.08. The monoisotopic (exact) mass is 307 g/mol. The largest absolute Gasteiger partial charge is 0.368 e. The van der Waals surface area contributed by atoms with Crippen LogP contribution in [0.2, 0.25) is 0 Å². The Morgan fingerprint density at radius 2 is 2.19 bits per heavy atom. The van der Waals surface area contributed by atoms with Gasteiger partial charge in [0.15, 0.2) is 0 Å². The van der Waals surface area contributed by atoms with E-state index >= 15 is 0 Å². The zero-order chi connectivity index (χ0) is 15.1. The molecule has 6 heteroatoms. The number of aromatic nitrogens is 2. The first kappa shape index (κ1) is 14.7. The van der Waals surface area contributed by atoms with Crippen LogP contribution in [0.25, 0.3) is 11.4 Å². The van der Waals surface area contributed by atoms with E-state index in [4.69, 9.17) is 9.26 Å². The van der Waals surface area contributed by atoms with Gasteiger partial charge >= 0.3 is 0 Å². The summed E-state index contributed by atoms with van der Waals surface area (Å²) in [7, 11) is 0. The number of nitrogens with one attached hydrogen (secondary N) is 1. The Morgan fingerprint density at radius 3 is 2.81 bits per heavy atom. The van der Waals surface area contributed by atoms with Gasteiger partial charge in [0.2, 0.25) is 11.7 Å². The van der Waals surface area contributed by atoms with Crippen molar-refractivity contribution in [2.24, 2.45) is 0 Å². The molecule has 1 aliphatic rings. The maximum Gasteiger partial charge on any atom is 0.240 e. The third-order valence-corrected chi connectivity index (χ3v) is 4.50. The Bertz CT molecular complexity index is 604. The fraction of sp³-hybridized carbons (Fsp3) is 0.600. The predicted octanol–water partition coefficient (Wildman–Crippen LogP) is 3.23. The lowest BCUT2D eigenvalue weighted by molar-refractivity contribution is -0.0700. The molecule has 3 heterocycles. The zero-order valence-electron chi connectivity index (χ0n) is 12.8. The van der Waals surface area contributed by atoms with Crippen molar-refractivity contribution in [3.05, 3.63) is 22.7 Å². The summed E-state index contributed by atoms with van der Waals surface area (Å²) in [5, 5.41) is 11.5. The Morgan fingerprint density at radius 1 is 1.38 bits per heavy atom. The molecule has 3 rings (SSSR count). The van der Waals surface area contributed by atoms with Gasteiger partial charge in [-0.1, -0.05) is 5.16 Å². The number of nitrogens with zero attached hydrogens (tertiary/aromatic N) is 2. The van der Waals surface area contributed by atoms with Gasteiger partial charge in [0.05, 0.1) is 17.7 Å². The van der Waals surface area contributed by atoms with Crippen molar-refractivity contribution < 1.29 is 9.26 Å². The Balaban J connectivity index is 1.63. The van der Waals surface area contributed by atoms with Crippen LogP contribution in [0.1, 0.15) is 40.0 Å². The molecule has 1 saturated heterocycles. The van der Waals surface area contributed by atoms with Crippen LogP contribution in [0, 0.1) is 0 Å². The molecule has 1 fully saturated rings. The Hall–Kier alpha value is -1.24. The summed E-state index contributed by atoms with van der Waals surface area (Å²) in [5.74, 6) is 1.26. The fourth-order valence-electron chi connectivity index (χ4n) is 2.93. The lowest BCUT2D eigenvalue weighted by Crippen LogP contribution is -2.43. The molecule has 0 bridgehead atoms. The van der Waals surface area contributed by atoms with Crippen molar-refractivity contribution in [3.63, 3.8) is 0 Å². The van der Waals surface area contributed by atoms with Crippen molar-refractivity contribution in [1.82, 2.24) is 15.5 Å². The number of ether oxygens (including phenoxy) is 1. The summed E-state index contributed by atoms with van der Waals surface area (Å²) >= 11 is 1.62. The van der Waals surface area contributed by atoms with Gasteiger partial charge in [0, 0.05) is 17.0 Å². The zero-order valence-corrected chi connectivity index (χ0v) is 13.7. The highest BCUT2D eigenvalue weighted by Gasteiger charge is 2.45. The Kier molecular flexibility index (Phi) is 3.63. The van der Waals surface area contributed by atoms with Crippen LogP contribution < -0.4 is 5.32 Å². The van der Waals surface area contributed by atoms with Gasteiger partial charge in [-0.2, -0.15) is 16.3 Å². The molecule has 1 N–H and O–H groups in total. The van der Waals surface area contributed by atoms with E-state index in [1.165, 1.54) is 0 Å². The minimum absolute atomic E-state index is 0.0994. The van der Waals surface area contributed by atoms with E-state index in [0.717, 1.165) is 12.0 Å². The van der Waals surface area contributed by atoms with Gasteiger partial charge in [-0.25, -0.2) is 0 Å². The fourth-order valence-corrected chi connectivity index (χ4v) is 3.56. The summed E-state index contributed by atoms with van der Waals surface area (Å²) in [6, 6.07) is 2.26. The maximum absolute atomic E-state index is 6.07. The lowest BCUT2D eigenvalue weighted by atomic mass is 9.94. The van der Waals surface area contributed by atoms with Crippen LogP contribution in [-0.2, 0) is 11.3 Å². The quantitative estimate of drug-likeness (QED) is 0.939. The van der Waals surface area contributed by atoms with Crippen LogP contribution in [-0.4, -0.2) is 27.4 Å². The summed E-state index contributed by atoms with van der Waals surface area (Å²) < 4.78 is 11.4.